The van der Waals surface area contributed by atoms with Gasteiger partial charge in [0.1, 0.15) is 5.82 Å². The number of halogens is 1. The molecule has 104 valence electrons. The largest absolute Gasteiger partial charge is 0.329 e. The van der Waals surface area contributed by atoms with Crippen molar-refractivity contribution in [1.29, 1.82) is 5.26 Å². The van der Waals surface area contributed by atoms with Crippen LogP contribution in [0.5, 0.6) is 0 Å². The molecule has 1 aromatic carbocycles. The maximum absolute atomic E-state index is 11.3. The summed E-state index contributed by atoms with van der Waals surface area (Å²) in [6.45, 7) is 2.33. The zero-order chi connectivity index (χ0) is 14.8. The first-order valence-corrected chi connectivity index (χ1v) is 8.24. The van der Waals surface area contributed by atoms with Crippen LogP contribution in [-0.4, -0.2) is 18.0 Å². The van der Waals surface area contributed by atoms with Crippen LogP contribution in [0.4, 0.5) is 0 Å². The minimum absolute atomic E-state index is 0.146. The van der Waals surface area contributed by atoms with Crippen LogP contribution in [0.1, 0.15) is 23.9 Å². The summed E-state index contributed by atoms with van der Waals surface area (Å²) in [5.74, 6) is 0.631. The monoisotopic (exact) mass is 309 g/mol. The Morgan fingerprint density at radius 3 is 2.80 bits per heavy atom. The fraction of sp³-hybridized carbons (Fsp3) is 0.231. The maximum atomic E-state index is 11.3. The van der Waals surface area contributed by atoms with E-state index in [0.29, 0.717) is 24.4 Å². The fourth-order valence-electron chi connectivity index (χ4n) is 1.90. The van der Waals surface area contributed by atoms with Gasteiger partial charge in [-0.15, -0.1) is 0 Å². The summed E-state index contributed by atoms with van der Waals surface area (Å²) in [6.07, 6.45) is 2.00. The van der Waals surface area contributed by atoms with Crippen molar-refractivity contribution < 1.29 is 8.42 Å². The van der Waals surface area contributed by atoms with Crippen LogP contribution in [0.15, 0.2) is 35.5 Å². The zero-order valence-electron chi connectivity index (χ0n) is 10.7. The lowest BCUT2D eigenvalue weighted by Crippen LogP contribution is -2.03. The molecule has 0 N–H and O–H groups in total. The molecular weight excluding hydrogens is 298 g/mol. The molecule has 0 bridgehead atoms. The quantitative estimate of drug-likeness (QED) is 0.812. The van der Waals surface area contributed by atoms with Crippen LogP contribution < -0.4 is 0 Å². The Labute approximate surface area is 121 Å². The van der Waals surface area contributed by atoms with E-state index >= 15 is 0 Å². The van der Waals surface area contributed by atoms with Crippen molar-refractivity contribution in [1.82, 2.24) is 9.55 Å². The summed E-state index contributed by atoms with van der Waals surface area (Å²) >= 11 is 0. The highest BCUT2D eigenvalue weighted by Gasteiger charge is 2.17. The lowest BCUT2D eigenvalue weighted by Gasteiger charge is -2.06. The van der Waals surface area contributed by atoms with Crippen LogP contribution in [-0.2, 0) is 22.0 Å². The van der Waals surface area contributed by atoms with E-state index in [1.807, 2.05) is 13.0 Å². The number of aryl methyl sites for hydroxylation is 1. The molecule has 7 heteroatoms. The molecule has 0 spiro atoms. The van der Waals surface area contributed by atoms with E-state index in [4.69, 9.17) is 15.9 Å². The Hall–Kier alpha value is -1.84. The van der Waals surface area contributed by atoms with Crippen LogP contribution >= 0.6 is 10.7 Å². The molecule has 1 heterocycles. The molecule has 0 aliphatic rings. The third-order valence-corrected chi connectivity index (χ3v) is 3.98. The molecule has 5 nitrogen and oxygen atoms in total. The topological polar surface area (TPSA) is 75.8 Å². The molecule has 2 rings (SSSR count). The highest BCUT2D eigenvalue weighted by molar-refractivity contribution is 8.13. The van der Waals surface area contributed by atoms with Gasteiger partial charge < -0.3 is 4.57 Å². The molecule has 2 aromatic rings. The number of hydrogen-bond donors (Lipinski definition) is 0. The zero-order valence-corrected chi connectivity index (χ0v) is 12.3. The predicted octanol–water partition coefficient (Wildman–Crippen LogP) is 2.29. The molecule has 0 fully saturated rings. The third-order valence-electron chi connectivity index (χ3n) is 2.81. The van der Waals surface area contributed by atoms with Gasteiger partial charge in [-0.3, -0.25) is 0 Å². The Morgan fingerprint density at radius 2 is 2.20 bits per heavy atom. The van der Waals surface area contributed by atoms with Crippen molar-refractivity contribution in [3.05, 3.63) is 47.4 Å². The van der Waals surface area contributed by atoms with Gasteiger partial charge in [0.25, 0.3) is 9.05 Å². The first kappa shape index (κ1) is 14.6. The number of nitriles is 1. The normalized spacial score (nSPS) is 11.2. The summed E-state index contributed by atoms with van der Waals surface area (Å²) in [7, 11) is 1.47. The van der Waals surface area contributed by atoms with E-state index in [0.717, 1.165) is 5.56 Å². The summed E-state index contributed by atoms with van der Waals surface area (Å²) in [5.41, 5.74) is 1.46. The highest BCUT2D eigenvalue weighted by atomic mass is 35.7. The number of hydrogen-bond acceptors (Lipinski definition) is 4. The second kappa shape index (κ2) is 5.65. The van der Waals surface area contributed by atoms with E-state index in [2.05, 4.69) is 11.1 Å². The van der Waals surface area contributed by atoms with E-state index in [1.54, 1.807) is 22.8 Å². The molecule has 1 aromatic heterocycles. The number of rotatable bonds is 4. The molecule has 0 atom stereocenters. The highest BCUT2D eigenvalue weighted by Crippen LogP contribution is 2.16. The summed E-state index contributed by atoms with van der Waals surface area (Å²) < 4.78 is 24.4. The van der Waals surface area contributed by atoms with Crippen molar-refractivity contribution in [2.24, 2.45) is 0 Å². The second-order valence-electron chi connectivity index (χ2n) is 4.23. The molecular formula is C13H12ClN3O2S. The van der Waals surface area contributed by atoms with E-state index < -0.39 is 9.05 Å². The Morgan fingerprint density at radius 1 is 1.45 bits per heavy atom. The van der Waals surface area contributed by atoms with Crippen LogP contribution in [0, 0.1) is 11.3 Å². The lowest BCUT2D eigenvalue weighted by atomic mass is 10.1. The average Bonchev–Trinajstić information content (AvgIpc) is 2.82. The second-order valence-corrected chi connectivity index (χ2v) is 6.74. The summed E-state index contributed by atoms with van der Waals surface area (Å²) in [5, 5.41) is 8.73. The van der Waals surface area contributed by atoms with Crippen molar-refractivity contribution in [3.63, 3.8) is 0 Å². The van der Waals surface area contributed by atoms with Gasteiger partial charge in [0.05, 0.1) is 11.6 Å². The molecule has 0 saturated carbocycles. The van der Waals surface area contributed by atoms with Crippen molar-refractivity contribution >= 4 is 19.7 Å². The molecule has 0 radical (unpaired) electrons. The maximum Gasteiger partial charge on any atom is 0.280 e. The van der Waals surface area contributed by atoms with E-state index in [-0.39, 0.29) is 5.03 Å². The van der Waals surface area contributed by atoms with Gasteiger partial charge in [0.2, 0.25) is 0 Å². The van der Waals surface area contributed by atoms with Gasteiger partial charge in [0, 0.05) is 29.8 Å². The standard InChI is InChI=1S/C13H12ClN3O2S/c1-2-12-16-13(20(14,18)19)9-17(12)8-11-5-3-4-10(6-11)7-15/h3-6,9H,2,8H2,1H3. The van der Waals surface area contributed by atoms with Crippen molar-refractivity contribution in [2.75, 3.05) is 0 Å². The summed E-state index contributed by atoms with van der Waals surface area (Å²) in [4.78, 5) is 4.02. The first-order valence-electron chi connectivity index (χ1n) is 5.93. The van der Waals surface area contributed by atoms with Gasteiger partial charge >= 0.3 is 0 Å². The average molecular weight is 310 g/mol. The number of aromatic nitrogens is 2. The number of imidazole rings is 1. The van der Waals surface area contributed by atoms with Gasteiger partial charge in [0.15, 0.2) is 5.03 Å². The molecule has 0 amide bonds. The smallest absolute Gasteiger partial charge is 0.280 e. The summed E-state index contributed by atoms with van der Waals surface area (Å²) in [6, 6.07) is 9.20. The molecule has 0 unspecified atom stereocenters. The third kappa shape index (κ3) is 3.18. The Balaban J connectivity index is 2.38. The predicted molar refractivity (Wildman–Crippen MR) is 74.9 cm³/mol. The lowest BCUT2D eigenvalue weighted by molar-refractivity contribution is 0.606. The first-order chi connectivity index (χ1) is 9.44. The van der Waals surface area contributed by atoms with Crippen molar-refractivity contribution in [3.8, 4) is 6.07 Å². The van der Waals surface area contributed by atoms with Crippen molar-refractivity contribution in [2.45, 2.75) is 24.9 Å². The minimum atomic E-state index is -3.83. The van der Waals surface area contributed by atoms with Crippen LogP contribution in [0.2, 0.25) is 0 Å². The van der Waals surface area contributed by atoms with E-state index in [9.17, 15) is 8.42 Å². The molecule has 0 saturated heterocycles. The number of benzene rings is 1. The SMILES string of the molecule is CCc1nc(S(=O)(=O)Cl)cn1Cc1cccc(C#N)c1. The molecule has 0 aliphatic carbocycles. The van der Waals surface area contributed by atoms with Crippen LogP contribution in [0.25, 0.3) is 0 Å². The minimum Gasteiger partial charge on any atom is -0.329 e. The van der Waals surface area contributed by atoms with Gasteiger partial charge in [-0.2, -0.15) is 5.26 Å². The van der Waals surface area contributed by atoms with E-state index in [1.165, 1.54) is 6.20 Å². The van der Waals surface area contributed by atoms with Crippen LogP contribution in [0.3, 0.4) is 0 Å². The fourth-order valence-corrected chi connectivity index (χ4v) is 2.59. The van der Waals surface area contributed by atoms with Gasteiger partial charge in [-0.05, 0) is 17.7 Å². The molecule has 0 aliphatic heterocycles. The van der Waals surface area contributed by atoms with Gasteiger partial charge in [-0.25, -0.2) is 13.4 Å². The number of nitrogens with zero attached hydrogens (tertiary/aromatic N) is 3. The Kier molecular flexibility index (Phi) is 4.12. The molecule has 20 heavy (non-hydrogen) atoms. The van der Waals surface area contributed by atoms with Gasteiger partial charge in [-0.1, -0.05) is 19.1 Å². The Bertz CT molecular complexity index is 775.